The van der Waals surface area contributed by atoms with Crippen molar-refractivity contribution in [2.75, 3.05) is 31.1 Å². The number of piperazine rings is 1. The highest BCUT2D eigenvalue weighted by Crippen LogP contribution is 2.41. The Labute approximate surface area is 153 Å². The predicted octanol–water partition coefficient (Wildman–Crippen LogP) is 2.71. The van der Waals surface area contributed by atoms with Crippen LogP contribution in [0.5, 0.6) is 0 Å². The first-order chi connectivity index (χ1) is 12.5. The third-order valence-electron chi connectivity index (χ3n) is 5.69. The van der Waals surface area contributed by atoms with E-state index in [4.69, 9.17) is 4.52 Å². The molecule has 0 amide bonds. The molecule has 2 aliphatic rings. The van der Waals surface area contributed by atoms with E-state index < -0.39 is 0 Å². The Morgan fingerprint density at radius 2 is 1.92 bits per heavy atom. The molecule has 7 heteroatoms. The summed E-state index contributed by atoms with van der Waals surface area (Å²) in [5, 5.41) is 7.50. The Balaban J connectivity index is 1.53. The molecule has 1 atom stereocenters. The normalized spacial score (nSPS) is 24.2. The molecule has 3 heterocycles. The van der Waals surface area contributed by atoms with Crippen molar-refractivity contribution in [2.24, 2.45) is 0 Å². The van der Waals surface area contributed by atoms with E-state index in [0.717, 1.165) is 51.3 Å². The van der Waals surface area contributed by atoms with Crippen molar-refractivity contribution in [3.05, 3.63) is 29.4 Å². The fraction of sp³-hybridized carbons (Fsp3) is 0.579. The Morgan fingerprint density at radius 3 is 2.62 bits per heavy atom. The van der Waals surface area contributed by atoms with Crippen LogP contribution in [0.3, 0.4) is 0 Å². The summed E-state index contributed by atoms with van der Waals surface area (Å²) >= 11 is 0. The molecule has 1 aliphatic heterocycles. The molecule has 1 saturated heterocycles. The van der Waals surface area contributed by atoms with Gasteiger partial charge in [-0.2, -0.15) is 4.98 Å². The molecular formula is C19H26N6O. The second-order valence-electron chi connectivity index (χ2n) is 7.72. The van der Waals surface area contributed by atoms with Crippen LogP contribution in [0.15, 0.2) is 28.1 Å². The minimum Gasteiger partial charge on any atom is -0.353 e. The van der Waals surface area contributed by atoms with Gasteiger partial charge in [0.25, 0.3) is 0 Å². The highest BCUT2D eigenvalue weighted by molar-refractivity contribution is 5.49. The lowest BCUT2D eigenvalue weighted by Gasteiger charge is -2.31. The standard InChI is InChI=1S/C19H26N6O/c1-13-4-5-19(3,10-14(13)2)18-23-17(24-26-18)15-11-22-16(12-21-15)25-8-6-20-7-9-25/h11-12,20H,4-10H2,1-3H3. The zero-order valence-corrected chi connectivity index (χ0v) is 15.7. The highest BCUT2D eigenvalue weighted by Gasteiger charge is 2.36. The zero-order valence-electron chi connectivity index (χ0n) is 15.7. The topological polar surface area (TPSA) is 80.0 Å². The molecule has 0 spiro atoms. The van der Waals surface area contributed by atoms with E-state index >= 15 is 0 Å². The van der Waals surface area contributed by atoms with Crippen LogP contribution >= 0.6 is 0 Å². The first-order valence-corrected chi connectivity index (χ1v) is 9.33. The minimum atomic E-state index is -0.0942. The average Bonchev–Trinajstić information content (AvgIpc) is 3.17. The van der Waals surface area contributed by atoms with Gasteiger partial charge in [-0.15, -0.1) is 0 Å². The van der Waals surface area contributed by atoms with Gasteiger partial charge in [-0.1, -0.05) is 23.2 Å². The summed E-state index contributed by atoms with van der Waals surface area (Å²) in [5.74, 6) is 2.12. The van der Waals surface area contributed by atoms with E-state index in [9.17, 15) is 0 Å². The number of nitrogens with one attached hydrogen (secondary N) is 1. The van der Waals surface area contributed by atoms with Gasteiger partial charge in [0.2, 0.25) is 11.7 Å². The van der Waals surface area contributed by atoms with Gasteiger partial charge in [-0.3, -0.25) is 0 Å². The summed E-state index contributed by atoms with van der Waals surface area (Å²) in [4.78, 5) is 15.9. The van der Waals surface area contributed by atoms with Crippen molar-refractivity contribution in [3.63, 3.8) is 0 Å². The van der Waals surface area contributed by atoms with Crippen LogP contribution in [0, 0.1) is 0 Å². The molecule has 1 fully saturated rings. The Morgan fingerprint density at radius 1 is 1.12 bits per heavy atom. The van der Waals surface area contributed by atoms with Gasteiger partial charge in [0.1, 0.15) is 11.5 Å². The number of rotatable bonds is 3. The summed E-state index contributed by atoms with van der Waals surface area (Å²) in [5.41, 5.74) is 3.47. The lowest BCUT2D eigenvalue weighted by Crippen LogP contribution is -2.43. The molecule has 138 valence electrons. The van der Waals surface area contributed by atoms with Crippen LogP contribution in [0.2, 0.25) is 0 Å². The van der Waals surface area contributed by atoms with Gasteiger partial charge in [0, 0.05) is 26.2 Å². The molecule has 4 rings (SSSR count). The maximum absolute atomic E-state index is 5.62. The SMILES string of the molecule is CC1=C(C)CC(C)(c2nc(-c3cnc(N4CCNCC4)cn3)no2)CC1. The van der Waals surface area contributed by atoms with E-state index in [-0.39, 0.29) is 5.41 Å². The Kier molecular flexibility index (Phi) is 4.48. The molecule has 2 aromatic rings. The molecule has 1 aliphatic carbocycles. The van der Waals surface area contributed by atoms with Crippen LogP contribution in [-0.2, 0) is 5.41 Å². The van der Waals surface area contributed by atoms with Crippen LogP contribution < -0.4 is 10.2 Å². The summed E-state index contributed by atoms with van der Waals surface area (Å²) < 4.78 is 5.62. The van der Waals surface area contributed by atoms with Gasteiger partial charge >= 0.3 is 0 Å². The summed E-state index contributed by atoms with van der Waals surface area (Å²) in [6.45, 7) is 10.5. The molecular weight excluding hydrogens is 328 g/mol. The van der Waals surface area contributed by atoms with Crippen LogP contribution in [0.4, 0.5) is 5.82 Å². The number of allylic oxidation sites excluding steroid dienone is 2. The van der Waals surface area contributed by atoms with Crippen LogP contribution in [-0.4, -0.2) is 46.3 Å². The van der Waals surface area contributed by atoms with Crippen LogP contribution in [0.1, 0.15) is 45.9 Å². The molecule has 0 saturated carbocycles. The van der Waals surface area contributed by atoms with Crippen molar-refractivity contribution < 1.29 is 4.52 Å². The Bertz CT molecular complexity index is 806. The van der Waals surface area contributed by atoms with Crippen molar-refractivity contribution in [1.82, 2.24) is 25.4 Å². The van der Waals surface area contributed by atoms with Crippen LogP contribution in [0.25, 0.3) is 11.5 Å². The number of nitrogens with zero attached hydrogens (tertiary/aromatic N) is 5. The van der Waals surface area contributed by atoms with Crippen molar-refractivity contribution in [2.45, 2.75) is 45.4 Å². The Hall–Kier alpha value is -2.28. The fourth-order valence-electron chi connectivity index (χ4n) is 3.75. The molecule has 0 bridgehead atoms. The highest BCUT2D eigenvalue weighted by atomic mass is 16.5. The largest absolute Gasteiger partial charge is 0.353 e. The predicted molar refractivity (Wildman–Crippen MR) is 100.0 cm³/mol. The molecule has 0 radical (unpaired) electrons. The lowest BCUT2D eigenvalue weighted by molar-refractivity contribution is 0.269. The second kappa shape index (κ2) is 6.79. The maximum atomic E-state index is 5.62. The molecule has 26 heavy (non-hydrogen) atoms. The summed E-state index contributed by atoms with van der Waals surface area (Å²) in [6, 6.07) is 0. The van der Waals surface area contributed by atoms with Gasteiger partial charge in [0.15, 0.2) is 0 Å². The third-order valence-corrected chi connectivity index (χ3v) is 5.69. The summed E-state index contributed by atoms with van der Waals surface area (Å²) in [7, 11) is 0. The van der Waals surface area contributed by atoms with Crippen molar-refractivity contribution in [3.8, 4) is 11.5 Å². The summed E-state index contributed by atoms with van der Waals surface area (Å²) in [6.07, 6.45) is 6.62. The number of aromatic nitrogens is 4. The molecule has 7 nitrogen and oxygen atoms in total. The molecule has 2 aromatic heterocycles. The zero-order chi connectivity index (χ0) is 18.1. The van der Waals surface area contributed by atoms with Gasteiger partial charge in [0.05, 0.1) is 17.8 Å². The molecule has 1 unspecified atom stereocenters. The monoisotopic (exact) mass is 354 g/mol. The first-order valence-electron chi connectivity index (χ1n) is 9.33. The smallest absolute Gasteiger partial charge is 0.233 e. The van der Waals surface area contributed by atoms with Gasteiger partial charge in [-0.25, -0.2) is 9.97 Å². The second-order valence-corrected chi connectivity index (χ2v) is 7.72. The number of hydrogen-bond acceptors (Lipinski definition) is 7. The average molecular weight is 354 g/mol. The maximum Gasteiger partial charge on any atom is 0.233 e. The van der Waals surface area contributed by atoms with Gasteiger partial charge < -0.3 is 14.7 Å². The van der Waals surface area contributed by atoms with E-state index in [1.54, 1.807) is 12.4 Å². The van der Waals surface area contributed by atoms with Crippen molar-refractivity contribution in [1.29, 1.82) is 0 Å². The van der Waals surface area contributed by atoms with Crippen molar-refractivity contribution >= 4 is 5.82 Å². The van der Waals surface area contributed by atoms with E-state index in [2.05, 4.69) is 51.1 Å². The number of anilines is 1. The van der Waals surface area contributed by atoms with E-state index in [0.29, 0.717) is 17.4 Å². The molecule has 0 aromatic carbocycles. The quantitative estimate of drug-likeness (QED) is 0.849. The lowest BCUT2D eigenvalue weighted by atomic mass is 9.73. The van der Waals surface area contributed by atoms with E-state index in [1.165, 1.54) is 11.1 Å². The minimum absolute atomic E-state index is 0.0942. The fourth-order valence-corrected chi connectivity index (χ4v) is 3.75. The number of hydrogen-bond donors (Lipinski definition) is 1. The van der Waals surface area contributed by atoms with Gasteiger partial charge in [-0.05, 0) is 33.1 Å². The first kappa shape index (κ1) is 17.1. The molecule has 1 N–H and O–H groups in total. The van der Waals surface area contributed by atoms with E-state index in [1.807, 2.05) is 0 Å². The third kappa shape index (κ3) is 3.23.